The van der Waals surface area contributed by atoms with Crippen molar-refractivity contribution in [2.75, 3.05) is 5.32 Å². The van der Waals surface area contributed by atoms with Gasteiger partial charge in [0.2, 0.25) is 0 Å². The number of halogens is 1. The molecule has 0 aliphatic heterocycles. The molecule has 20 heavy (non-hydrogen) atoms. The molecule has 106 valence electrons. The van der Waals surface area contributed by atoms with Gasteiger partial charge < -0.3 is 5.32 Å². The monoisotopic (exact) mass is 332 g/mol. The summed E-state index contributed by atoms with van der Waals surface area (Å²) in [5.74, 6) is 1.65. The van der Waals surface area contributed by atoms with Crippen molar-refractivity contribution in [3.05, 3.63) is 57.7 Å². The van der Waals surface area contributed by atoms with Gasteiger partial charge in [0.05, 0.1) is 0 Å². The van der Waals surface area contributed by atoms with E-state index in [1.54, 1.807) is 0 Å². The SMILES string of the molecule is Cc1cc(Br)cnc1NCc1ccc(CC(C)C)cc1. The second kappa shape index (κ2) is 6.89. The zero-order valence-corrected chi connectivity index (χ0v) is 13.9. The maximum absolute atomic E-state index is 4.39. The van der Waals surface area contributed by atoms with E-state index < -0.39 is 0 Å². The lowest BCUT2D eigenvalue weighted by atomic mass is 10.0. The number of pyridine rings is 1. The molecule has 0 radical (unpaired) electrons. The van der Waals surface area contributed by atoms with E-state index in [0.29, 0.717) is 5.92 Å². The van der Waals surface area contributed by atoms with Crippen LogP contribution in [0.15, 0.2) is 41.0 Å². The van der Waals surface area contributed by atoms with Crippen LogP contribution >= 0.6 is 15.9 Å². The molecule has 2 aromatic rings. The minimum atomic E-state index is 0.702. The van der Waals surface area contributed by atoms with E-state index in [1.165, 1.54) is 11.1 Å². The minimum Gasteiger partial charge on any atom is -0.366 e. The zero-order valence-electron chi connectivity index (χ0n) is 12.3. The van der Waals surface area contributed by atoms with Gasteiger partial charge in [0.15, 0.2) is 0 Å². The molecule has 0 saturated heterocycles. The van der Waals surface area contributed by atoms with E-state index in [1.807, 2.05) is 6.20 Å². The van der Waals surface area contributed by atoms with Crippen LogP contribution in [0.2, 0.25) is 0 Å². The summed E-state index contributed by atoms with van der Waals surface area (Å²) in [7, 11) is 0. The fourth-order valence-electron chi connectivity index (χ4n) is 2.18. The van der Waals surface area contributed by atoms with Crippen molar-refractivity contribution in [2.45, 2.75) is 33.7 Å². The van der Waals surface area contributed by atoms with Crippen LogP contribution in [0.4, 0.5) is 5.82 Å². The summed E-state index contributed by atoms with van der Waals surface area (Å²) in [4.78, 5) is 4.39. The number of nitrogens with zero attached hydrogens (tertiary/aromatic N) is 1. The lowest BCUT2D eigenvalue weighted by Crippen LogP contribution is -2.03. The van der Waals surface area contributed by atoms with Crippen molar-refractivity contribution in [2.24, 2.45) is 5.92 Å². The summed E-state index contributed by atoms with van der Waals surface area (Å²) >= 11 is 3.43. The van der Waals surface area contributed by atoms with E-state index in [0.717, 1.165) is 28.8 Å². The third-order valence-electron chi connectivity index (χ3n) is 3.17. The fraction of sp³-hybridized carbons (Fsp3) is 0.353. The Balaban J connectivity index is 1.96. The Bertz CT molecular complexity index is 562. The molecule has 0 bridgehead atoms. The maximum atomic E-state index is 4.39. The van der Waals surface area contributed by atoms with Crippen molar-refractivity contribution in [3.8, 4) is 0 Å². The molecule has 1 aromatic carbocycles. The molecule has 0 fully saturated rings. The highest BCUT2D eigenvalue weighted by Crippen LogP contribution is 2.17. The molecule has 0 unspecified atom stereocenters. The van der Waals surface area contributed by atoms with E-state index in [2.05, 4.69) is 77.3 Å². The molecule has 1 aromatic heterocycles. The van der Waals surface area contributed by atoms with E-state index >= 15 is 0 Å². The van der Waals surface area contributed by atoms with Crippen molar-refractivity contribution in [1.29, 1.82) is 0 Å². The predicted octanol–water partition coefficient (Wildman–Crippen LogP) is 4.96. The van der Waals surface area contributed by atoms with Gasteiger partial charge >= 0.3 is 0 Å². The average molecular weight is 333 g/mol. The first-order valence-electron chi connectivity index (χ1n) is 6.98. The summed E-state index contributed by atoms with van der Waals surface area (Å²) < 4.78 is 1.01. The highest BCUT2D eigenvalue weighted by atomic mass is 79.9. The van der Waals surface area contributed by atoms with Gasteiger partial charge in [-0.3, -0.25) is 0 Å². The first-order chi connectivity index (χ1) is 9.54. The van der Waals surface area contributed by atoms with Crippen molar-refractivity contribution >= 4 is 21.7 Å². The molecular formula is C17H21BrN2. The molecule has 2 rings (SSSR count). The number of nitrogens with one attached hydrogen (secondary N) is 1. The first kappa shape index (κ1) is 15.0. The van der Waals surface area contributed by atoms with Gasteiger partial charge in [0.1, 0.15) is 5.82 Å². The molecule has 0 aliphatic rings. The van der Waals surface area contributed by atoms with Crippen LogP contribution in [0.3, 0.4) is 0 Å². The van der Waals surface area contributed by atoms with Crippen molar-refractivity contribution in [1.82, 2.24) is 4.98 Å². The number of aryl methyl sites for hydroxylation is 1. The second-order valence-electron chi connectivity index (χ2n) is 5.59. The third-order valence-corrected chi connectivity index (χ3v) is 3.61. The number of hydrogen-bond acceptors (Lipinski definition) is 2. The van der Waals surface area contributed by atoms with Gasteiger partial charge in [0.25, 0.3) is 0 Å². The summed E-state index contributed by atoms with van der Waals surface area (Å²) in [6.07, 6.45) is 2.96. The summed E-state index contributed by atoms with van der Waals surface area (Å²) in [6.45, 7) is 7.36. The molecule has 1 heterocycles. The third kappa shape index (κ3) is 4.34. The quantitative estimate of drug-likeness (QED) is 0.836. The fourth-order valence-corrected chi connectivity index (χ4v) is 2.62. The van der Waals surface area contributed by atoms with E-state index in [4.69, 9.17) is 0 Å². The largest absolute Gasteiger partial charge is 0.366 e. The molecule has 3 heteroatoms. The van der Waals surface area contributed by atoms with Gasteiger partial charge in [-0.15, -0.1) is 0 Å². The maximum Gasteiger partial charge on any atom is 0.129 e. The number of hydrogen-bond donors (Lipinski definition) is 1. The Morgan fingerprint density at radius 2 is 1.80 bits per heavy atom. The molecule has 0 amide bonds. The van der Waals surface area contributed by atoms with Gasteiger partial charge in [-0.1, -0.05) is 38.1 Å². The topological polar surface area (TPSA) is 24.9 Å². The molecule has 2 nitrogen and oxygen atoms in total. The summed E-state index contributed by atoms with van der Waals surface area (Å²) in [6, 6.07) is 10.9. The Morgan fingerprint density at radius 1 is 1.15 bits per heavy atom. The lowest BCUT2D eigenvalue weighted by Gasteiger charge is -2.10. The first-order valence-corrected chi connectivity index (χ1v) is 7.77. The Morgan fingerprint density at radius 3 is 2.40 bits per heavy atom. The van der Waals surface area contributed by atoms with E-state index in [-0.39, 0.29) is 0 Å². The molecule has 0 aliphatic carbocycles. The smallest absolute Gasteiger partial charge is 0.129 e. The minimum absolute atomic E-state index is 0.702. The Labute approximate surface area is 129 Å². The van der Waals surface area contributed by atoms with E-state index in [9.17, 15) is 0 Å². The predicted molar refractivity (Wildman–Crippen MR) is 89.0 cm³/mol. The molecule has 0 saturated carbocycles. The molecule has 0 spiro atoms. The van der Waals surface area contributed by atoms with Crippen molar-refractivity contribution < 1.29 is 0 Å². The van der Waals surface area contributed by atoms with Crippen LogP contribution in [0.5, 0.6) is 0 Å². The Kier molecular flexibility index (Phi) is 5.18. The van der Waals surface area contributed by atoms with Gasteiger partial charge in [-0.05, 0) is 57.9 Å². The lowest BCUT2D eigenvalue weighted by molar-refractivity contribution is 0.647. The number of benzene rings is 1. The Hall–Kier alpha value is -1.35. The number of aromatic nitrogens is 1. The van der Waals surface area contributed by atoms with Crippen LogP contribution in [-0.2, 0) is 13.0 Å². The van der Waals surface area contributed by atoms with Crippen LogP contribution < -0.4 is 5.32 Å². The average Bonchev–Trinajstić information content (AvgIpc) is 2.39. The standard InChI is InChI=1S/C17H21BrN2/c1-12(2)8-14-4-6-15(7-5-14)10-19-17-13(3)9-16(18)11-20-17/h4-7,9,11-12H,8,10H2,1-3H3,(H,19,20). The molecule has 0 atom stereocenters. The number of rotatable bonds is 5. The molecular weight excluding hydrogens is 312 g/mol. The van der Waals surface area contributed by atoms with Crippen LogP contribution in [0.25, 0.3) is 0 Å². The van der Waals surface area contributed by atoms with Crippen LogP contribution in [0, 0.1) is 12.8 Å². The normalized spacial score (nSPS) is 10.8. The summed E-state index contributed by atoms with van der Waals surface area (Å²) in [5, 5.41) is 3.38. The highest BCUT2D eigenvalue weighted by molar-refractivity contribution is 9.10. The highest BCUT2D eigenvalue weighted by Gasteiger charge is 2.02. The summed E-state index contributed by atoms with van der Waals surface area (Å²) in [5.41, 5.74) is 3.83. The van der Waals surface area contributed by atoms with Gasteiger partial charge in [-0.2, -0.15) is 0 Å². The van der Waals surface area contributed by atoms with Gasteiger partial charge in [0, 0.05) is 17.2 Å². The van der Waals surface area contributed by atoms with Crippen LogP contribution in [0.1, 0.15) is 30.5 Å². The number of anilines is 1. The van der Waals surface area contributed by atoms with Crippen LogP contribution in [-0.4, -0.2) is 4.98 Å². The zero-order chi connectivity index (χ0) is 14.5. The molecule has 1 N–H and O–H groups in total. The van der Waals surface area contributed by atoms with Gasteiger partial charge in [-0.25, -0.2) is 4.98 Å². The second-order valence-corrected chi connectivity index (χ2v) is 6.50. The van der Waals surface area contributed by atoms with Crippen molar-refractivity contribution in [3.63, 3.8) is 0 Å².